The third kappa shape index (κ3) is 2.66. The summed E-state index contributed by atoms with van der Waals surface area (Å²) >= 11 is 0. The summed E-state index contributed by atoms with van der Waals surface area (Å²) in [7, 11) is 0. The van der Waals surface area contributed by atoms with Gasteiger partial charge in [0.25, 0.3) is 0 Å². The van der Waals surface area contributed by atoms with Crippen molar-refractivity contribution in [3.8, 4) is 5.75 Å². The Bertz CT molecular complexity index is 370. The Balaban J connectivity index is 0.00000128. The fraction of sp³-hybridized carbons (Fsp3) is 0.500. The van der Waals surface area contributed by atoms with Gasteiger partial charge in [0.15, 0.2) is 0 Å². The minimum Gasteiger partial charge on any atom is -0.493 e. The summed E-state index contributed by atoms with van der Waals surface area (Å²) in [6.45, 7) is 2.69. The van der Waals surface area contributed by atoms with E-state index in [9.17, 15) is 4.39 Å². The monoisotopic (exact) mass is 245 g/mol. The highest BCUT2D eigenvalue weighted by Crippen LogP contribution is 2.31. The SMILES string of the molecule is CCC(N)Cc1cc(F)cc2c1OCC2.Cl. The smallest absolute Gasteiger partial charge is 0.126 e. The Morgan fingerprint density at radius 3 is 2.94 bits per heavy atom. The Morgan fingerprint density at radius 2 is 2.25 bits per heavy atom. The molecule has 0 spiro atoms. The van der Waals surface area contributed by atoms with E-state index in [0.29, 0.717) is 13.0 Å². The molecule has 2 nitrogen and oxygen atoms in total. The maximum atomic E-state index is 13.3. The number of halogens is 2. The third-order valence-corrected chi connectivity index (χ3v) is 2.83. The predicted octanol–water partition coefficient (Wildman–Crippen LogP) is 2.46. The Kier molecular flexibility index (Phi) is 4.56. The van der Waals surface area contributed by atoms with Crippen LogP contribution >= 0.6 is 12.4 Å². The molecule has 1 heterocycles. The van der Waals surface area contributed by atoms with Crippen LogP contribution in [0.1, 0.15) is 24.5 Å². The highest BCUT2D eigenvalue weighted by Gasteiger charge is 2.18. The summed E-state index contributed by atoms with van der Waals surface area (Å²) in [5, 5.41) is 0. The number of fused-ring (bicyclic) bond motifs is 1. The molecule has 1 aliphatic heterocycles. The molecule has 0 amide bonds. The molecule has 2 rings (SSSR count). The molecule has 1 aromatic rings. The van der Waals surface area contributed by atoms with Gasteiger partial charge in [-0.05, 0) is 30.5 Å². The van der Waals surface area contributed by atoms with Gasteiger partial charge in [-0.3, -0.25) is 0 Å². The largest absolute Gasteiger partial charge is 0.493 e. The number of hydrogen-bond acceptors (Lipinski definition) is 2. The molecule has 0 fully saturated rings. The van der Waals surface area contributed by atoms with Crippen molar-refractivity contribution in [1.29, 1.82) is 0 Å². The first-order valence-corrected chi connectivity index (χ1v) is 5.40. The standard InChI is InChI=1S/C12H16FNO.ClH/c1-2-11(14)7-9-6-10(13)5-8-3-4-15-12(8)9;/h5-6,11H,2-4,7,14H2,1H3;1H. The highest BCUT2D eigenvalue weighted by atomic mass is 35.5. The summed E-state index contributed by atoms with van der Waals surface area (Å²) in [5.41, 5.74) is 7.76. The van der Waals surface area contributed by atoms with Gasteiger partial charge in [-0.25, -0.2) is 4.39 Å². The van der Waals surface area contributed by atoms with Crippen LogP contribution in [0.5, 0.6) is 5.75 Å². The molecular weight excluding hydrogens is 229 g/mol. The molecule has 1 unspecified atom stereocenters. The van der Waals surface area contributed by atoms with Crippen molar-refractivity contribution in [1.82, 2.24) is 0 Å². The quantitative estimate of drug-likeness (QED) is 0.888. The molecule has 1 atom stereocenters. The van der Waals surface area contributed by atoms with E-state index >= 15 is 0 Å². The molecule has 0 bridgehead atoms. The van der Waals surface area contributed by atoms with Crippen LogP contribution in [0.25, 0.3) is 0 Å². The number of benzene rings is 1. The van der Waals surface area contributed by atoms with Crippen LogP contribution in [-0.2, 0) is 12.8 Å². The average Bonchev–Trinajstić information content (AvgIpc) is 2.65. The van der Waals surface area contributed by atoms with Gasteiger partial charge >= 0.3 is 0 Å². The molecule has 1 aliphatic rings. The predicted molar refractivity (Wildman–Crippen MR) is 64.8 cm³/mol. The van der Waals surface area contributed by atoms with Gasteiger partial charge in [0.1, 0.15) is 11.6 Å². The van der Waals surface area contributed by atoms with E-state index in [0.717, 1.165) is 29.7 Å². The molecule has 0 saturated carbocycles. The fourth-order valence-electron chi connectivity index (χ4n) is 1.92. The van der Waals surface area contributed by atoms with Gasteiger partial charge in [0.2, 0.25) is 0 Å². The van der Waals surface area contributed by atoms with Crippen LogP contribution in [-0.4, -0.2) is 12.6 Å². The topological polar surface area (TPSA) is 35.2 Å². The average molecular weight is 246 g/mol. The summed E-state index contributed by atoms with van der Waals surface area (Å²) in [6, 6.07) is 3.18. The van der Waals surface area contributed by atoms with Crippen LogP contribution in [0, 0.1) is 5.82 Å². The van der Waals surface area contributed by atoms with Crippen LogP contribution < -0.4 is 10.5 Å². The van der Waals surface area contributed by atoms with Gasteiger partial charge in [-0.2, -0.15) is 0 Å². The molecule has 16 heavy (non-hydrogen) atoms. The van der Waals surface area contributed by atoms with E-state index in [1.807, 2.05) is 6.92 Å². The minimum atomic E-state index is -0.183. The second kappa shape index (κ2) is 5.51. The van der Waals surface area contributed by atoms with E-state index < -0.39 is 0 Å². The molecule has 1 aromatic carbocycles. The minimum absolute atomic E-state index is 0. The summed E-state index contributed by atoms with van der Waals surface area (Å²) in [5.74, 6) is 0.679. The Hall–Kier alpha value is -0.800. The maximum absolute atomic E-state index is 13.3. The van der Waals surface area contributed by atoms with Gasteiger partial charge in [0, 0.05) is 18.0 Å². The lowest BCUT2D eigenvalue weighted by Gasteiger charge is -2.12. The number of ether oxygens (including phenoxy) is 1. The summed E-state index contributed by atoms with van der Waals surface area (Å²) < 4.78 is 18.8. The summed E-state index contributed by atoms with van der Waals surface area (Å²) in [6.07, 6.45) is 2.39. The molecule has 0 aliphatic carbocycles. The van der Waals surface area contributed by atoms with E-state index in [1.165, 1.54) is 0 Å². The van der Waals surface area contributed by atoms with Gasteiger partial charge < -0.3 is 10.5 Å². The number of hydrogen-bond donors (Lipinski definition) is 1. The first-order valence-electron chi connectivity index (χ1n) is 5.40. The lowest BCUT2D eigenvalue weighted by Crippen LogP contribution is -2.21. The van der Waals surface area contributed by atoms with Gasteiger partial charge in [-0.15, -0.1) is 12.4 Å². The van der Waals surface area contributed by atoms with Crippen molar-refractivity contribution in [3.63, 3.8) is 0 Å². The lowest BCUT2D eigenvalue weighted by molar-refractivity contribution is 0.352. The number of nitrogens with two attached hydrogens (primary N) is 1. The molecule has 2 N–H and O–H groups in total. The van der Waals surface area contributed by atoms with Crippen molar-refractivity contribution in [2.45, 2.75) is 32.2 Å². The van der Waals surface area contributed by atoms with E-state index in [4.69, 9.17) is 10.5 Å². The molecule has 90 valence electrons. The van der Waals surface area contributed by atoms with Gasteiger partial charge in [0.05, 0.1) is 6.61 Å². The van der Waals surface area contributed by atoms with E-state index in [2.05, 4.69) is 0 Å². The van der Waals surface area contributed by atoms with Crippen LogP contribution in [0.3, 0.4) is 0 Å². The zero-order valence-corrected chi connectivity index (χ0v) is 10.1. The van der Waals surface area contributed by atoms with Crippen molar-refractivity contribution >= 4 is 12.4 Å². The zero-order chi connectivity index (χ0) is 10.8. The first-order chi connectivity index (χ1) is 7.20. The molecule has 0 saturated heterocycles. The normalized spacial score (nSPS) is 14.9. The van der Waals surface area contributed by atoms with Crippen molar-refractivity contribution < 1.29 is 9.13 Å². The van der Waals surface area contributed by atoms with Crippen molar-refractivity contribution in [3.05, 3.63) is 29.1 Å². The van der Waals surface area contributed by atoms with Crippen molar-refractivity contribution in [2.75, 3.05) is 6.61 Å². The Morgan fingerprint density at radius 1 is 1.50 bits per heavy atom. The van der Waals surface area contributed by atoms with Crippen molar-refractivity contribution in [2.24, 2.45) is 5.73 Å². The maximum Gasteiger partial charge on any atom is 0.126 e. The second-order valence-corrected chi connectivity index (χ2v) is 4.02. The highest BCUT2D eigenvalue weighted by molar-refractivity contribution is 5.85. The molecule has 4 heteroatoms. The van der Waals surface area contributed by atoms with Gasteiger partial charge in [-0.1, -0.05) is 6.92 Å². The van der Waals surface area contributed by atoms with Crippen LogP contribution in [0.15, 0.2) is 12.1 Å². The lowest BCUT2D eigenvalue weighted by atomic mass is 10.0. The first kappa shape index (κ1) is 13.3. The molecular formula is C12H17ClFNO. The number of rotatable bonds is 3. The zero-order valence-electron chi connectivity index (χ0n) is 9.33. The van der Waals surface area contributed by atoms with E-state index in [1.54, 1.807) is 12.1 Å². The van der Waals surface area contributed by atoms with Crippen LogP contribution in [0.2, 0.25) is 0 Å². The second-order valence-electron chi connectivity index (χ2n) is 4.02. The fourth-order valence-corrected chi connectivity index (χ4v) is 1.92. The molecule has 0 radical (unpaired) electrons. The van der Waals surface area contributed by atoms with Crippen LogP contribution in [0.4, 0.5) is 4.39 Å². The molecule has 0 aromatic heterocycles. The summed E-state index contributed by atoms with van der Waals surface area (Å²) in [4.78, 5) is 0. The van der Waals surface area contributed by atoms with E-state index in [-0.39, 0.29) is 24.3 Å². The Labute approximate surface area is 101 Å². The third-order valence-electron chi connectivity index (χ3n) is 2.83.